The minimum absolute atomic E-state index is 0.162. The molecule has 5 atom stereocenters. The van der Waals surface area contributed by atoms with Crippen LogP contribution in [0.5, 0.6) is 0 Å². The average molecular weight is 278 g/mol. The van der Waals surface area contributed by atoms with Gasteiger partial charge in [-0.05, 0) is 57.3 Å². The van der Waals surface area contributed by atoms with Gasteiger partial charge in [-0.15, -0.1) is 0 Å². The molecule has 1 unspecified atom stereocenters. The van der Waals surface area contributed by atoms with Crippen LogP contribution in [-0.4, -0.2) is 16.5 Å². The monoisotopic (exact) mass is 278 g/mol. The molecule has 20 heavy (non-hydrogen) atoms. The number of allylic oxidation sites excluding steroid dienone is 1. The zero-order valence-electron chi connectivity index (χ0n) is 13.4. The first-order valence-electron chi connectivity index (χ1n) is 8.24. The summed E-state index contributed by atoms with van der Waals surface area (Å²) in [6, 6.07) is 0. The third kappa shape index (κ3) is 3.33. The van der Waals surface area contributed by atoms with E-state index in [1.54, 1.807) is 0 Å². The van der Waals surface area contributed by atoms with Crippen molar-refractivity contribution < 1.29 is 9.90 Å². The first-order valence-corrected chi connectivity index (χ1v) is 8.24. The molecule has 0 saturated heterocycles. The van der Waals surface area contributed by atoms with Gasteiger partial charge in [0.15, 0.2) is 0 Å². The number of Topliss-reactive ketones (excluding diaryl/α,β-unsaturated/α-hetero) is 1. The van der Waals surface area contributed by atoms with Gasteiger partial charge in [0, 0.05) is 18.3 Å². The summed E-state index contributed by atoms with van der Waals surface area (Å²) in [5, 5.41) is 9.99. The summed E-state index contributed by atoms with van der Waals surface area (Å²) in [6.45, 7) is 8.06. The minimum atomic E-state index is -0.658. The highest BCUT2D eigenvalue weighted by molar-refractivity contribution is 5.82. The van der Waals surface area contributed by atoms with Gasteiger partial charge in [0.1, 0.15) is 5.78 Å². The molecule has 0 spiro atoms. The van der Waals surface area contributed by atoms with E-state index in [9.17, 15) is 9.90 Å². The Morgan fingerprint density at radius 3 is 2.55 bits per heavy atom. The van der Waals surface area contributed by atoms with E-state index in [1.165, 1.54) is 12.8 Å². The summed E-state index contributed by atoms with van der Waals surface area (Å²) in [6.07, 6.45) is 9.87. The SMILES string of the molecule is C[C@@H](/C=C/[C@H](C)C(C)(C)O)C1CC[C@H]2C(=O)CCC[C@H]12. The van der Waals surface area contributed by atoms with Gasteiger partial charge < -0.3 is 5.11 Å². The van der Waals surface area contributed by atoms with Crippen molar-refractivity contribution in [2.24, 2.45) is 29.6 Å². The van der Waals surface area contributed by atoms with Crippen molar-refractivity contribution >= 4 is 5.78 Å². The zero-order valence-corrected chi connectivity index (χ0v) is 13.4. The molecule has 0 aliphatic heterocycles. The van der Waals surface area contributed by atoms with Crippen molar-refractivity contribution in [3.8, 4) is 0 Å². The Labute approximate surface area is 123 Å². The second-order valence-electron chi connectivity index (χ2n) is 7.56. The first-order chi connectivity index (χ1) is 9.30. The highest BCUT2D eigenvalue weighted by Crippen LogP contribution is 2.47. The average Bonchev–Trinajstić information content (AvgIpc) is 2.79. The molecule has 0 amide bonds. The Morgan fingerprint density at radius 2 is 1.90 bits per heavy atom. The maximum Gasteiger partial charge on any atom is 0.136 e. The Hall–Kier alpha value is -0.630. The van der Waals surface area contributed by atoms with E-state index in [1.807, 2.05) is 13.8 Å². The molecular weight excluding hydrogens is 248 g/mol. The van der Waals surface area contributed by atoms with E-state index in [-0.39, 0.29) is 5.92 Å². The van der Waals surface area contributed by atoms with Crippen LogP contribution >= 0.6 is 0 Å². The van der Waals surface area contributed by atoms with Gasteiger partial charge in [0.25, 0.3) is 0 Å². The number of hydrogen-bond acceptors (Lipinski definition) is 2. The number of aliphatic hydroxyl groups is 1. The fourth-order valence-electron chi connectivity index (χ4n) is 3.98. The second-order valence-corrected chi connectivity index (χ2v) is 7.56. The molecule has 2 fully saturated rings. The summed E-state index contributed by atoms with van der Waals surface area (Å²) < 4.78 is 0. The van der Waals surface area contributed by atoms with E-state index < -0.39 is 5.60 Å². The predicted molar refractivity (Wildman–Crippen MR) is 82.3 cm³/mol. The topological polar surface area (TPSA) is 37.3 Å². The Bertz CT molecular complexity index is 377. The molecule has 0 heterocycles. The van der Waals surface area contributed by atoms with Crippen LogP contribution in [0.4, 0.5) is 0 Å². The molecule has 2 aliphatic rings. The summed E-state index contributed by atoms with van der Waals surface area (Å²) in [4.78, 5) is 12.0. The fourth-order valence-corrected chi connectivity index (χ4v) is 3.98. The van der Waals surface area contributed by atoms with Gasteiger partial charge in [-0.25, -0.2) is 0 Å². The maximum atomic E-state index is 12.0. The highest BCUT2D eigenvalue weighted by atomic mass is 16.3. The van der Waals surface area contributed by atoms with Gasteiger partial charge in [0.05, 0.1) is 5.60 Å². The number of ketones is 1. The lowest BCUT2D eigenvalue weighted by atomic mass is 9.73. The lowest BCUT2D eigenvalue weighted by Crippen LogP contribution is -2.29. The number of carbonyl (C=O) groups excluding carboxylic acids is 1. The van der Waals surface area contributed by atoms with Gasteiger partial charge in [-0.1, -0.05) is 26.0 Å². The maximum absolute atomic E-state index is 12.0. The van der Waals surface area contributed by atoms with Crippen molar-refractivity contribution in [3.05, 3.63) is 12.2 Å². The molecule has 0 radical (unpaired) electrons. The molecule has 0 bridgehead atoms. The van der Waals surface area contributed by atoms with E-state index in [0.717, 1.165) is 19.3 Å². The molecule has 2 saturated carbocycles. The quantitative estimate of drug-likeness (QED) is 0.790. The van der Waals surface area contributed by atoms with Crippen LogP contribution in [0.25, 0.3) is 0 Å². The number of carbonyl (C=O) groups is 1. The molecule has 0 aromatic rings. The number of rotatable bonds is 4. The summed E-state index contributed by atoms with van der Waals surface area (Å²) in [7, 11) is 0. The number of hydrogen-bond donors (Lipinski definition) is 1. The van der Waals surface area contributed by atoms with Gasteiger partial charge >= 0.3 is 0 Å². The lowest BCUT2D eigenvalue weighted by Gasteiger charge is -2.31. The Balaban J connectivity index is 1.98. The van der Waals surface area contributed by atoms with Crippen LogP contribution in [0.1, 0.15) is 59.8 Å². The third-order valence-corrected chi connectivity index (χ3v) is 5.74. The molecule has 0 aromatic carbocycles. The van der Waals surface area contributed by atoms with Crippen molar-refractivity contribution in [1.29, 1.82) is 0 Å². The normalized spacial score (nSPS) is 34.2. The molecule has 0 aromatic heterocycles. The van der Waals surface area contributed by atoms with E-state index >= 15 is 0 Å². The largest absolute Gasteiger partial charge is 0.390 e. The second kappa shape index (κ2) is 6.01. The van der Waals surface area contributed by atoms with E-state index in [2.05, 4.69) is 26.0 Å². The molecule has 1 N–H and O–H groups in total. The van der Waals surface area contributed by atoms with Crippen LogP contribution in [-0.2, 0) is 4.79 Å². The van der Waals surface area contributed by atoms with Crippen LogP contribution < -0.4 is 0 Å². The summed E-state index contributed by atoms with van der Waals surface area (Å²) >= 11 is 0. The van der Waals surface area contributed by atoms with Crippen molar-refractivity contribution in [2.75, 3.05) is 0 Å². The number of fused-ring (bicyclic) bond motifs is 1. The van der Waals surface area contributed by atoms with Gasteiger partial charge in [0.2, 0.25) is 0 Å². The smallest absolute Gasteiger partial charge is 0.136 e. The Kier molecular flexibility index (Phi) is 4.73. The van der Waals surface area contributed by atoms with E-state index in [0.29, 0.717) is 29.5 Å². The Morgan fingerprint density at radius 1 is 1.20 bits per heavy atom. The molecule has 114 valence electrons. The summed E-state index contributed by atoms with van der Waals surface area (Å²) in [5.41, 5.74) is -0.658. The molecule has 2 heteroatoms. The highest BCUT2D eigenvalue weighted by Gasteiger charge is 2.43. The van der Waals surface area contributed by atoms with Crippen molar-refractivity contribution in [1.82, 2.24) is 0 Å². The van der Waals surface area contributed by atoms with Crippen LogP contribution in [0.3, 0.4) is 0 Å². The predicted octanol–water partition coefficient (Wildman–Crippen LogP) is 3.98. The van der Waals surface area contributed by atoms with E-state index in [4.69, 9.17) is 0 Å². The van der Waals surface area contributed by atoms with Crippen molar-refractivity contribution in [2.45, 2.75) is 65.4 Å². The molecule has 2 rings (SSSR count). The first kappa shape index (κ1) is 15.8. The molecule has 2 nitrogen and oxygen atoms in total. The fraction of sp³-hybridized carbons (Fsp3) is 0.833. The van der Waals surface area contributed by atoms with Gasteiger partial charge in [-0.2, -0.15) is 0 Å². The third-order valence-electron chi connectivity index (χ3n) is 5.74. The standard InChI is InChI=1S/C18H30O2/c1-12(8-9-13(2)18(3,4)20)14-10-11-16-15(14)6-5-7-17(16)19/h8-9,12-16,20H,5-7,10-11H2,1-4H3/b9-8+/t12-,13-,14?,15+,16+/m0/s1. The summed E-state index contributed by atoms with van der Waals surface area (Å²) in [5.74, 6) is 2.83. The van der Waals surface area contributed by atoms with Crippen LogP contribution in [0, 0.1) is 29.6 Å². The van der Waals surface area contributed by atoms with Gasteiger partial charge in [-0.3, -0.25) is 4.79 Å². The zero-order chi connectivity index (χ0) is 14.9. The van der Waals surface area contributed by atoms with Crippen LogP contribution in [0.15, 0.2) is 12.2 Å². The van der Waals surface area contributed by atoms with Crippen LogP contribution in [0.2, 0.25) is 0 Å². The molecule has 2 aliphatic carbocycles. The lowest BCUT2D eigenvalue weighted by molar-refractivity contribution is -0.126. The molecular formula is C18H30O2. The minimum Gasteiger partial charge on any atom is -0.390 e. The van der Waals surface area contributed by atoms with Crippen molar-refractivity contribution in [3.63, 3.8) is 0 Å².